The quantitative estimate of drug-likeness (QED) is 0.772. The average molecular weight is 257 g/mol. The summed E-state index contributed by atoms with van der Waals surface area (Å²) in [7, 11) is 0. The van der Waals surface area contributed by atoms with Gasteiger partial charge in [0, 0.05) is 25.5 Å². The molecule has 102 valence electrons. The Balaban J connectivity index is 1.65. The minimum atomic E-state index is 0.607. The third-order valence-corrected chi connectivity index (χ3v) is 3.28. The van der Waals surface area contributed by atoms with Crippen molar-refractivity contribution < 1.29 is 0 Å². The normalized spacial score (nSPS) is 11.1. The Kier molecular flexibility index (Phi) is 5.16. The van der Waals surface area contributed by atoms with Gasteiger partial charge in [0.25, 0.3) is 0 Å². The van der Waals surface area contributed by atoms with E-state index in [0.29, 0.717) is 5.92 Å². The van der Waals surface area contributed by atoms with Gasteiger partial charge >= 0.3 is 0 Å². The minimum absolute atomic E-state index is 0.607. The summed E-state index contributed by atoms with van der Waals surface area (Å²) in [5.74, 6) is 0.607. The zero-order valence-corrected chi connectivity index (χ0v) is 11.8. The summed E-state index contributed by atoms with van der Waals surface area (Å²) in [6, 6.07) is 10.9. The number of hydrogen-bond donors (Lipinski definition) is 1. The maximum atomic E-state index is 4.19. The van der Waals surface area contributed by atoms with Gasteiger partial charge < -0.3 is 5.32 Å². The van der Waals surface area contributed by atoms with Gasteiger partial charge in [-0.15, -0.1) is 0 Å². The SMILES string of the molecule is CC(C)c1ccc(CNCCCn2cccn2)cc1. The molecule has 3 heteroatoms. The molecule has 0 fully saturated rings. The van der Waals surface area contributed by atoms with Gasteiger partial charge in [0.15, 0.2) is 0 Å². The standard InChI is InChI=1S/C16H23N3/c1-14(2)16-7-5-15(6-8-16)13-17-9-3-11-19-12-4-10-18-19/h4-8,10,12,14,17H,3,9,11,13H2,1-2H3. The van der Waals surface area contributed by atoms with Crippen LogP contribution in [0.1, 0.15) is 37.3 Å². The number of nitrogens with zero attached hydrogens (tertiary/aromatic N) is 2. The molecule has 1 aromatic carbocycles. The van der Waals surface area contributed by atoms with E-state index in [-0.39, 0.29) is 0 Å². The van der Waals surface area contributed by atoms with Crippen molar-refractivity contribution in [3.05, 3.63) is 53.9 Å². The molecule has 19 heavy (non-hydrogen) atoms. The molecular weight excluding hydrogens is 234 g/mol. The summed E-state index contributed by atoms with van der Waals surface area (Å²) in [5.41, 5.74) is 2.76. The predicted molar refractivity (Wildman–Crippen MR) is 79.1 cm³/mol. The van der Waals surface area contributed by atoms with E-state index in [9.17, 15) is 0 Å². The summed E-state index contributed by atoms with van der Waals surface area (Å²) < 4.78 is 1.97. The summed E-state index contributed by atoms with van der Waals surface area (Å²) in [4.78, 5) is 0. The Morgan fingerprint density at radius 2 is 2.00 bits per heavy atom. The predicted octanol–water partition coefficient (Wildman–Crippen LogP) is 3.19. The van der Waals surface area contributed by atoms with Crippen LogP contribution in [0.25, 0.3) is 0 Å². The molecule has 0 atom stereocenters. The van der Waals surface area contributed by atoms with Crippen LogP contribution in [0.15, 0.2) is 42.7 Å². The molecule has 0 spiro atoms. The van der Waals surface area contributed by atoms with E-state index in [2.05, 4.69) is 48.5 Å². The van der Waals surface area contributed by atoms with Crippen LogP contribution < -0.4 is 5.32 Å². The first-order valence-electron chi connectivity index (χ1n) is 7.02. The highest BCUT2D eigenvalue weighted by Crippen LogP contribution is 2.14. The van der Waals surface area contributed by atoms with Crippen LogP contribution in [0.5, 0.6) is 0 Å². The topological polar surface area (TPSA) is 29.9 Å². The zero-order valence-electron chi connectivity index (χ0n) is 11.8. The molecule has 0 bridgehead atoms. The molecule has 0 unspecified atom stereocenters. The second-order valence-electron chi connectivity index (χ2n) is 5.20. The number of aryl methyl sites for hydroxylation is 1. The largest absolute Gasteiger partial charge is 0.313 e. The first-order chi connectivity index (χ1) is 9.25. The highest BCUT2D eigenvalue weighted by Gasteiger charge is 1.98. The molecule has 0 aliphatic heterocycles. The van der Waals surface area contributed by atoms with Crippen LogP contribution >= 0.6 is 0 Å². The van der Waals surface area contributed by atoms with Gasteiger partial charge in [0.05, 0.1) is 0 Å². The molecular formula is C16H23N3. The molecule has 0 saturated heterocycles. The van der Waals surface area contributed by atoms with E-state index < -0.39 is 0 Å². The lowest BCUT2D eigenvalue weighted by Crippen LogP contribution is -2.16. The van der Waals surface area contributed by atoms with E-state index in [1.165, 1.54) is 11.1 Å². The second-order valence-corrected chi connectivity index (χ2v) is 5.20. The van der Waals surface area contributed by atoms with Gasteiger partial charge in [-0.2, -0.15) is 5.10 Å². The zero-order chi connectivity index (χ0) is 13.5. The van der Waals surface area contributed by atoms with Gasteiger partial charge in [0.2, 0.25) is 0 Å². The molecule has 1 N–H and O–H groups in total. The second kappa shape index (κ2) is 7.10. The first-order valence-corrected chi connectivity index (χ1v) is 7.02. The highest BCUT2D eigenvalue weighted by molar-refractivity contribution is 5.24. The van der Waals surface area contributed by atoms with Crippen LogP contribution in [0.3, 0.4) is 0 Å². The Hall–Kier alpha value is -1.61. The molecule has 2 aromatic rings. The van der Waals surface area contributed by atoms with Crippen molar-refractivity contribution in [2.24, 2.45) is 0 Å². The van der Waals surface area contributed by atoms with Crippen molar-refractivity contribution in [1.29, 1.82) is 0 Å². The maximum Gasteiger partial charge on any atom is 0.0489 e. The summed E-state index contributed by atoms with van der Waals surface area (Å²) in [5, 5.41) is 7.66. The number of hydrogen-bond acceptors (Lipinski definition) is 2. The van der Waals surface area contributed by atoms with E-state index in [1.54, 1.807) is 0 Å². The number of nitrogens with one attached hydrogen (secondary N) is 1. The molecule has 0 amide bonds. The molecule has 1 aromatic heterocycles. The number of aromatic nitrogens is 2. The van der Waals surface area contributed by atoms with E-state index in [4.69, 9.17) is 0 Å². The molecule has 0 radical (unpaired) electrons. The monoisotopic (exact) mass is 257 g/mol. The lowest BCUT2D eigenvalue weighted by Gasteiger charge is -2.08. The van der Waals surface area contributed by atoms with Crippen molar-refractivity contribution in [2.45, 2.75) is 39.3 Å². The lowest BCUT2D eigenvalue weighted by atomic mass is 10.0. The third-order valence-electron chi connectivity index (χ3n) is 3.28. The van der Waals surface area contributed by atoms with Crippen molar-refractivity contribution in [3.8, 4) is 0 Å². The number of rotatable bonds is 7. The van der Waals surface area contributed by atoms with Crippen LogP contribution in [0.4, 0.5) is 0 Å². The Morgan fingerprint density at radius 1 is 1.21 bits per heavy atom. The molecule has 3 nitrogen and oxygen atoms in total. The summed E-state index contributed by atoms with van der Waals surface area (Å²) >= 11 is 0. The minimum Gasteiger partial charge on any atom is -0.313 e. The van der Waals surface area contributed by atoms with Crippen molar-refractivity contribution in [1.82, 2.24) is 15.1 Å². The van der Waals surface area contributed by atoms with Crippen molar-refractivity contribution in [2.75, 3.05) is 6.54 Å². The van der Waals surface area contributed by atoms with E-state index >= 15 is 0 Å². The highest BCUT2D eigenvalue weighted by atomic mass is 15.3. The van der Waals surface area contributed by atoms with Crippen molar-refractivity contribution in [3.63, 3.8) is 0 Å². The van der Waals surface area contributed by atoms with Gasteiger partial charge in [-0.05, 0) is 36.1 Å². The Bertz CT molecular complexity index is 457. The molecule has 0 saturated carbocycles. The fourth-order valence-electron chi connectivity index (χ4n) is 2.05. The summed E-state index contributed by atoms with van der Waals surface area (Å²) in [6.45, 7) is 7.39. The van der Waals surface area contributed by atoms with Crippen LogP contribution in [0.2, 0.25) is 0 Å². The smallest absolute Gasteiger partial charge is 0.0489 e. The maximum absolute atomic E-state index is 4.19. The fourth-order valence-corrected chi connectivity index (χ4v) is 2.05. The Morgan fingerprint density at radius 3 is 2.63 bits per heavy atom. The van der Waals surface area contributed by atoms with Crippen LogP contribution in [-0.2, 0) is 13.1 Å². The fraction of sp³-hybridized carbons (Fsp3) is 0.438. The van der Waals surface area contributed by atoms with Crippen LogP contribution in [0, 0.1) is 0 Å². The number of benzene rings is 1. The molecule has 0 aliphatic carbocycles. The summed E-state index contributed by atoms with van der Waals surface area (Å²) in [6.07, 6.45) is 4.93. The average Bonchev–Trinajstić information content (AvgIpc) is 2.92. The van der Waals surface area contributed by atoms with Crippen LogP contribution in [-0.4, -0.2) is 16.3 Å². The Labute approximate surface area is 115 Å². The van der Waals surface area contributed by atoms with E-state index in [1.807, 2.05) is 23.1 Å². The van der Waals surface area contributed by atoms with Gasteiger partial charge in [-0.25, -0.2) is 0 Å². The molecule has 2 rings (SSSR count). The lowest BCUT2D eigenvalue weighted by molar-refractivity contribution is 0.543. The van der Waals surface area contributed by atoms with Gasteiger partial charge in [-0.1, -0.05) is 38.1 Å². The molecule has 0 aliphatic rings. The van der Waals surface area contributed by atoms with Crippen molar-refractivity contribution >= 4 is 0 Å². The van der Waals surface area contributed by atoms with E-state index in [0.717, 1.165) is 26.1 Å². The first kappa shape index (κ1) is 13.8. The third kappa shape index (κ3) is 4.52. The van der Waals surface area contributed by atoms with Gasteiger partial charge in [0.1, 0.15) is 0 Å². The molecule has 1 heterocycles. The van der Waals surface area contributed by atoms with Gasteiger partial charge in [-0.3, -0.25) is 4.68 Å².